The van der Waals surface area contributed by atoms with Crippen molar-refractivity contribution in [2.24, 2.45) is 4.99 Å². The van der Waals surface area contributed by atoms with Crippen LogP contribution in [-0.4, -0.2) is 67.3 Å². The van der Waals surface area contributed by atoms with E-state index in [-0.39, 0.29) is 4.75 Å². The number of hydrogen-bond acceptors (Lipinski definition) is 4. The number of thioether (sulfide) groups is 1. The number of piperidine rings is 1. The molecular weight excluding hydrogens is 380 g/mol. The third-order valence-electron chi connectivity index (χ3n) is 5.27. The quantitative estimate of drug-likeness (QED) is 0.324. The van der Waals surface area contributed by atoms with Gasteiger partial charge in [-0.05, 0) is 51.9 Å². The summed E-state index contributed by atoms with van der Waals surface area (Å²) in [5.74, 6) is 0.906. The maximum absolute atomic E-state index is 6.12. The first-order chi connectivity index (χ1) is 14.0. The minimum atomic E-state index is 0.167. The summed E-state index contributed by atoms with van der Waals surface area (Å²) >= 11 is 1.85. The summed E-state index contributed by atoms with van der Waals surface area (Å²) < 4.78 is 6.29. The predicted octanol–water partition coefficient (Wildman–Crippen LogP) is 3.75. The number of nitrogens with zero attached hydrogens (tertiary/aromatic N) is 2. The smallest absolute Gasteiger partial charge is 0.191 e. The van der Waals surface area contributed by atoms with Crippen LogP contribution in [0.2, 0.25) is 0 Å². The van der Waals surface area contributed by atoms with E-state index in [0.717, 1.165) is 71.1 Å². The molecule has 6 heteroatoms. The molecule has 1 fully saturated rings. The van der Waals surface area contributed by atoms with Crippen LogP contribution in [0.5, 0.6) is 0 Å². The van der Waals surface area contributed by atoms with Gasteiger partial charge in [0.05, 0.1) is 12.6 Å². The first kappa shape index (κ1) is 24.0. The molecular formula is C23H40N4OS. The van der Waals surface area contributed by atoms with Crippen molar-refractivity contribution < 1.29 is 4.74 Å². The van der Waals surface area contributed by atoms with E-state index in [1.807, 2.05) is 11.8 Å². The number of likely N-dealkylation sites (tertiary alicyclic amines) is 1. The van der Waals surface area contributed by atoms with Crippen LogP contribution in [0, 0.1) is 0 Å². The molecule has 0 unspecified atom stereocenters. The maximum Gasteiger partial charge on any atom is 0.191 e. The fourth-order valence-electron chi connectivity index (χ4n) is 3.28. The minimum Gasteiger partial charge on any atom is -0.378 e. The van der Waals surface area contributed by atoms with Crippen LogP contribution >= 0.6 is 11.8 Å². The Morgan fingerprint density at radius 3 is 2.59 bits per heavy atom. The fraction of sp³-hybridized carbons (Fsp3) is 0.696. The zero-order chi connectivity index (χ0) is 21.0. The summed E-state index contributed by atoms with van der Waals surface area (Å²) in [5, 5.41) is 6.76. The number of nitrogens with one attached hydrogen (secondary N) is 2. The van der Waals surface area contributed by atoms with E-state index < -0.39 is 0 Å². The highest BCUT2D eigenvalue weighted by atomic mass is 32.2. The van der Waals surface area contributed by atoms with Crippen molar-refractivity contribution in [1.29, 1.82) is 0 Å². The molecule has 1 aromatic rings. The predicted molar refractivity (Wildman–Crippen MR) is 127 cm³/mol. The minimum absolute atomic E-state index is 0.167. The summed E-state index contributed by atoms with van der Waals surface area (Å²) in [4.78, 5) is 7.25. The largest absolute Gasteiger partial charge is 0.378 e. The molecule has 0 spiro atoms. The molecule has 0 amide bonds. The van der Waals surface area contributed by atoms with Crippen molar-refractivity contribution in [3.8, 4) is 0 Å². The van der Waals surface area contributed by atoms with E-state index in [4.69, 9.17) is 9.73 Å². The molecule has 0 bridgehead atoms. The Kier molecular flexibility index (Phi) is 10.9. The van der Waals surface area contributed by atoms with Crippen LogP contribution in [0.15, 0.2) is 35.3 Å². The van der Waals surface area contributed by atoms with E-state index in [1.165, 1.54) is 5.56 Å². The van der Waals surface area contributed by atoms with Crippen molar-refractivity contribution >= 4 is 17.7 Å². The van der Waals surface area contributed by atoms with Crippen LogP contribution in [0.4, 0.5) is 0 Å². The summed E-state index contributed by atoms with van der Waals surface area (Å²) in [5.41, 5.74) is 1.40. The zero-order valence-corrected chi connectivity index (χ0v) is 19.6. The molecule has 2 rings (SSSR count). The lowest BCUT2D eigenvalue weighted by Gasteiger charge is -2.32. The number of rotatable bonds is 11. The molecule has 0 aliphatic carbocycles. The summed E-state index contributed by atoms with van der Waals surface area (Å²) in [6.45, 7) is 13.2. The molecule has 2 N–H and O–H groups in total. The average molecular weight is 421 g/mol. The van der Waals surface area contributed by atoms with Gasteiger partial charge in [-0.2, -0.15) is 11.8 Å². The molecule has 1 aliphatic rings. The van der Waals surface area contributed by atoms with Gasteiger partial charge in [0.1, 0.15) is 0 Å². The van der Waals surface area contributed by atoms with Gasteiger partial charge in [0.15, 0.2) is 5.96 Å². The van der Waals surface area contributed by atoms with Crippen LogP contribution in [0.1, 0.15) is 45.6 Å². The van der Waals surface area contributed by atoms with Gasteiger partial charge in [-0.15, -0.1) is 0 Å². The second-order valence-electron chi connectivity index (χ2n) is 8.27. The molecule has 0 atom stereocenters. The van der Waals surface area contributed by atoms with Gasteiger partial charge in [0.25, 0.3) is 0 Å². The van der Waals surface area contributed by atoms with Gasteiger partial charge in [-0.25, -0.2) is 0 Å². The average Bonchev–Trinajstić information content (AvgIpc) is 2.73. The fourth-order valence-corrected chi connectivity index (χ4v) is 3.47. The standard InChI is InChI=1S/C23H40N4OS/c1-5-24-22(26-19-23(2,3)29-4)25-14-9-17-28-21-12-15-27(16-13-21)18-20-10-7-6-8-11-20/h6-8,10-11,21H,5,9,12-19H2,1-4H3,(H2,24,25,26). The SMILES string of the molecule is CCNC(=NCC(C)(C)SC)NCCCOC1CCN(Cc2ccccc2)CC1. The normalized spacial score (nSPS) is 16.8. The van der Waals surface area contributed by atoms with Gasteiger partial charge in [-0.3, -0.25) is 9.89 Å². The molecule has 5 nitrogen and oxygen atoms in total. The van der Waals surface area contributed by atoms with E-state index in [2.05, 4.69) is 72.9 Å². The Balaban J connectivity index is 1.58. The second kappa shape index (κ2) is 13.1. The first-order valence-corrected chi connectivity index (χ1v) is 12.2. The van der Waals surface area contributed by atoms with Gasteiger partial charge in [0.2, 0.25) is 0 Å². The third kappa shape index (κ3) is 9.87. The van der Waals surface area contributed by atoms with Crippen molar-refractivity contribution in [3.05, 3.63) is 35.9 Å². The van der Waals surface area contributed by atoms with Crippen molar-refractivity contribution in [2.45, 2.75) is 57.4 Å². The number of hydrogen-bond donors (Lipinski definition) is 2. The lowest BCUT2D eigenvalue weighted by atomic mass is 10.1. The van der Waals surface area contributed by atoms with Crippen molar-refractivity contribution in [1.82, 2.24) is 15.5 Å². The van der Waals surface area contributed by atoms with Gasteiger partial charge in [0, 0.05) is 44.1 Å². The lowest BCUT2D eigenvalue weighted by molar-refractivity contribution is 0.00534. The molecule has 0 saturated carbocycles. The molecule has 164 valence electrons. The summed E-state index contributed by atoms with van der Waals surface area (Å²) in [7, 11) is 0. The molecule has 29 heavy (non-hydrogen) atoms. The van der Waals surface area contributed by atoms with Crippen LogP contribution < -0.4 is 10.6 Å². The summed E-state index contributed by atoms with van der Waals surface area (Å²) in [6, 6.07) is 10.7. The summed E-state index contributed by atoms with van der Waals surface area (Å²) in [6.07, 6.45) is 5.81. The molecule has 1 aromatic carbocycles. The Labute approximate surface area is 182 Å². The Morgan fingerprint density at radius 2 is 1.93 bits per heavy atom. The van der Waals surface area contributed by atoms with E-state index in [9.17, 15) is 0 Å². The molecule has 1 aliphatic heterocycles. The number of benzene rings is 1. The Hall–Kier alpha value is -1.24. The first-order valence-electron chi connectivity index (χ1n) is 11.0. The number of guanidine groups is 1. The van der Waals surface area contributed by atoms with Crippen LogP contribution in [-0.2, 0) is 11.3 Å². The highest BCUT2D eigenvalue weighted by Crippen LogP contribution is 2.21. The van der Waals surface area contributed by atoms with E-state index >= 15 is 0 Å². The van der Waals surface area contributed by atoms with Crippen LogP contribution in [0.3, 0.4) is 0 Å². The third-order valence-corrected chi connectivity index (χ3v) is 6.50. The number of aliphatic imine (C=N–C) groups is 1. The monoisotopic (exact) mass is 420 g/mol. The van der Waals surface area contributed by atoms with E-state index in [0.29, 0.717) is 6.10 Å². The maximum atomic E-state index is 6.12. The van der Waals surface area contributed by atoms with Gasteiger partial charge in [-0.1, -0.05) is 30.3 Å². The Morgan fingerprint density at radius 1 is 1.21 bits per heavy atom. The van der Waals surface area contributed by atoms with E-state index in [1.54, 1.807) is 0 Å². The van der Waals surface area contributed by atoms with Crippen LogP contribution in [0.25, 0.3) is 0 Å². The second-order valence-corrected chi connectivity index (χ2v) is 9.78. The highest BCUT2D eigenvalue weighted by molar-refractivity contribution is 7.99. The van der Waals surface area contributed by atoms with Gasteiger partial charge < -0.3 is 15.4 Å². The molecule has 0 radical (unpaired) electrons. The molecule has 1 heterocycles. The zero-order valence-electron chi connectivity index (χ0n) is 18.7. The lowest BCUT2D eigenvalue weighted by Crippen LogP contribution is -2.39. The molecule has 1 saturated heterocycles. The van der Waals surface area contributed by atoms with Crippen molar-refractivity contribution in [2.75, 3.05) is 45.6 Å². The van der Waals surface area contributed by atoms with Crippen molar-refractivity contribution in [3.63, 3.8) is 0 Å². The Bertz CT molecular complexity index is 586. The number of ether oxygens (including phenoxy) is 1. The topological polar surface area (TPSA) is 48.9 Å². The highest BCUT2D eigenvalue weighted by Gasteiger charge is 2.19. The van der Waals surface area contributed by atoms with Gasteiger partial charge >= 0.3 is 0 Å². The molecule has 0 aromatic heterocycles.